The molecule has 2 aliphatic heterocycles. The Morgan fingerprint density at radius 1 is 1.00 bits per heavy atom. The fourth-order valence-corrected chi connectivity index (χ4v) is 5.74. The first kappa shape index (κ1) is 22.9. The van der Waals surface area contributed by atoms with Crippen molar-refractivity contribution < 1.29 is 5.11 Å². The van der Waals surface area contributed by atoms with Crippen LogP contribution < -0.4 is 4.90 Å². The molecule has 31 heavy (non-hydrogen) atoms. The molecule has 0 amide bonds. The van der Waals surface area contributed by atoms with Crippen molar-refractivity contribution in [2.45, 2.75) is 64.5 Å². The Kier molecular flexibility index (Phi) is 6.35. The van der Waals surface area contributed by atoms with Gasteiger partial charge < -0.3 is 10.0 Å². The van der Waals surface area contributed by atoms with E-state index in [0.717, 1.165) is 48.5 Å². The molecule has 0 aliphatic carbocycles. The Morgan fingerprint density at radius 2 is 1.52 bits per heavy atom. The van der Waals surface area contributed by atoms with Gasteiger partial charge in [0.05, 0.1) is 21.3 Å². The maximum Gasteiger partial charge on any atom is 0.0872 e. The van der Waals surface area contributed by atoms with Gasteiger partial charge in [-0.25, -0.2) is 0 Å². The summed E-state index contributed by atoms with van der Waals surface area (Å²) in [6.45, 7) is 15.4. The van der Waals surface area contributed by atoms with E-state index >= 15 is 0 Å². The van der Waals surface area contributed by atoms with E-state index in [1.807, 2.05) is 25.1 Å². The lowest BCUT2D eigenvalue weighted by Gasteiger charge is -2.45. The maximum absolute atomic E-state index is 10.2. The Bertz CT molecular complexity index is 907. The number of hydrogen-bond donors (Lipinski definition) is 1. The minimum atomic E-state index is -0.536. The quantitative estimate of drug-likeness (QED) is 0.539. The summed E-state index contributed by atoms with van der Waals surface area (Å²) in [5, 5.41) is 11.6. The van der Waals surface area contributed by atoms with E-state index in [1.165, 1.54) is 22.3 Å². The summed E-state index contributed by atoms with van der Waals surface area (Å²) in [6, 6.07) is 10.6. The first-order chi connectivity index (χ1) is 14.6. The zero-order valence-electron chi connectivity index (χ0n) is 19.3. The van der Waals surface area contributed by atoms with Crippen LogP contribution in [0.1, 0.15) is 74.6 Å². The van der Waals surface area contributed by atoms with Gasteiger partial charge in [-0.1, -0.05) is 69.1 Å². The van der Waals surface area contributed by atoms with E-state index < -0.39 is 5.60 Å². The van der Waals surface area contributed by atoms with Gasteiger partial charge in [0.25, 0.3) is 0 Å². The number of anilines is 1. The Balaban J connectivity index is 1.59. The number of nitrogens with zero attached hydrogens (tertiary/aromatic N) is 2. The normalized spacial score (nSPS) is 19.1. The first-order valence-corrected chi connectivity index (χ1v) is 12.1. The number of rotatable bonds is 6. The number of aliphatic hydroxyl groups is 1. The Labute approximate surface area is 197 Å². The molecule has 2 aromatic rings. The molecule has 1 N–H and O–H groups in total. The van der Waals surface area contributed by atoms with Crippen molar-refractivity contribution in [2.24, 2.45) is 0 Å². The van der Waals surface area contributed by atoms with Gasteiger partial charge in [-0.3, -0.25) is 4.90 Å². The molecule has 0 saturated carbocycles. The standard InChI is InChI=1S/C26H34Cl2N2O/c1-16(2)20-9-18(19-11-30(12-19)25-23(27)7-6-8-24(25)28)10-21(17(3)4)22(20)13-29-14-26(5,31)15-29/h6-10,16-17,19,31H,11-15H2,1-5H3. The molecule has 5 heteroatoms. The van der Waals surface area contributed by atoms with Gasteiger partial charge in [-0.05, 0) is 53.1 Å². The first-order valence-electron chi connectivity index (χ1n) is 11.4. The number of β-amino-alcohol motifs (C(OH)–C–C–N with tert-alkyl or cyclic N) is 1. The molecule has 0 radical (unpaired) electrons. The maximum atomic E-state index is 10.2. The third kappa shape index (κ3) is 4.61. The second-order valence-electron chi connectivity index (χ2n) is 10.3. The molecule has 2 fully saturated rings. The molecule has 2 aliphatic rings. The van der Waals surface area contributed by atoms with E-state index in [4.69, 9.17) is 23.2 Å². The van der Waals surface area contributed by atoms with Gasteiger partial charge >= 0.3 is 0 Å². The highest BCUT2D eigenvalue weighted by Crippen LogP contribution is 2.42. The van der Waals surface area contributed by atoms with Crippen LogP contribution >= 0.6 is 23.2 Å². The lowest BCUT2D eigenvalue weighted by atomic mass is 9.81. The van der Waals surface area contributed by atoms with Crippen LogP contribution in [0.4, 0.5) is 5.69 Å². The zero-order chi connectivity index (χ0) is 22.5. The summed E-state index contributed by atoms with van der Waals surface area (Å²) in [5.74, 6) is 1.41. The van der Waals surface area contributed by atoms with Gasteiger partial charge in [0.15, 0.2) is 0 Å². The molecular formula is C26H34Cl2N2O. The predicted molar refractivity (Wildman–Crippen MR) is 132 cm³/mol. The van der Waals surface area contributed by atoms with Crippen LogP contribution in [-0.4, -0.2) is 41.8 Å². The summed E-state index contributed by atoms with van der Waals surface area (Å²) in [6.07, 6.45) is 0. The summed E-state index contributed by atoms with van der Waals surface area (Å²) >= 11 is 12.8. The second kappa shape index (κ2) is 8.59. The summed E-state index contributed by atoms with van der Waals surface area (Å²) < 4.78 is 0. The van der Waals surface area contributed by atoms with E-state index in [2.05, 4.69) is 49.6 Å². The van der Waals surface area contributed by atoms with Gasteiger partial charge in [0, 0.05) is 38.6 Å². The van der Waals surface area contributed by atoms with Crippen molar-refractivity contribution in [2.75, 3.05) is 31.1 Å². The summed E-state index contributed by atoms with van der Waals surface area (Å²) in [7, 11) is 0. The number of benzene rings is 2. The fraction of sp³-hybridized carbons (Fsp3) is 0.538. The third-order valence-electron chi connectivity index (χ3n) is 6.70. The van der Waals surface area contributed by atoms with Crippen LogP contribution in [0.5, 0.6) is 0 Å². The highest BCUT2D eigenvalue weighted by atomic mass is 35.5. The van der Waals surface area contributed by atoms with E-state index in [-0.39, 0.29) is 0 Å². The van der Waals surface area contributed by atoms with Gasteiger partial charge in [-0.15, -0.1) is 0 Å². The van der Waals surface area contributed by atoms with Gasteiger partial charge in [0.1, 0.15) is 0 Å². The lowest BCUT2D eigenvalue weighted by molar-refractivity contribution is -0.0873. The van der Waals surface area contributed by atoms with E-state index in [0.29, 0.717) is 17.8 Å². The fourth-order valence-electron chi connectivity index (χ4n) is 5.11. The van der Waals surface area contributed by atoms with E-state index in [9.17, 15) is 5.11 Å². The number of halogens is 2. The van der Waals surface area contributed by atoms with Crippen LogP contribution in [0.25, 0.3) is 0 Å². The Morgan fingerprint density at radius 3 is 1.97 bits per heavy atom. The third-order valence-corrected chi connectivity index (χ3v) is 7.31. The van der Waals surface area contributed by atoms with Crippen molar-refractivity contribution in [3.8, 4) is 0 Å². The minimum absolute atomic E-state index is 0.462. The zero-order valence-corrected chi connectivity index (χ0v) is 20.8. The topological polar surface area (TPSA) is 26.7 Å². The molecule has 168 valence electrons. The summed E-state index contributed by atoms with van der Waals surface area (Å²) in [5.41, 5.74) is 6.19. The molecule has 0 atom stereocenters. The number of hydrogen-bond acceptors (Lipinski definition) is 3. The van der Waals surface area contributed by atoms with Gasteiger partial charge in [0.2, 0.25) is 0 Å². The van der Waals surface area contributed by atoms with Crippen LogP contribution in [0.15, 0.2) is 30.3 Å². The molecule has 0 bridgehead atoms. The highest BCUT2D eigenvalue weighted by molar-refractivity contribution is 6.39. The lowest BCUT2D eigenvalue weighted by Crippen LogP contribution is -2.59. The molecule has 3 nitrogen and oxygen atoms in total. The molecule has 0 unspecified atom stereocenters. The largest absolute Gasteiger partial charge is 0.388 e. The molecule has 2 aromatic carbocycles. The number of likely N-dealkylation sites (tertiary alicyclic amines) is 1. The molecular weight excluding hydrogens is 427 g/mol. The number of para-hydroxylation sites is 1. The molecule has 4 rings (SSSR count). The van der Waals surface area contributed by atoms with Gasteiger partial charge in [-0.2, -0.15) is 0 Å². The van der Waals surface area contributed by atoms with Crippen molar-refractivity contribution in [1.82, 2.24) is 4.90 Å². The molecule has 2 heterocycles. The van der Waals surface area contributed by atoms with Crippen molar-refractivity contribution in [3.05, 3.63) is 62.6 Å². The molecule has 0 aromatic heterocycles. The average molecular weight is 461 g/mol. The highest BCUT2D eigenvalue weighted by Gasteiger charge is 2.37. The average Bonchev–Trinajstić information content (AvgIpc) is 2.61. The smallest absolute Gasteiger partial charge is 0.0872 e. The van der Waals surface area contributed by atoms with Crippen LogP contribution in [0.3, 0.4) is 0 Å². The van der Waals surface area contributed by atoms with Crippen LogP contribution in [-0.2, 0) is 6.54 Å². The van der Waals surface area contributed by atoms with Crippen LogP contribution in [0, 0.1) is 0 Å². The van der Waals surface area contributed by atoms with Crippen LogP contribution in [0.2, 0.25) is 10.0 Å². The summed E-state index contributed by atoms with van der Waals surface area (Å²) in [4.78, 5) is 4.65. The SMILES string of the molecule is CC(C)c1cc(C2CN(c3c(Cl)cccc3Cl)C2)cc(C(C)C)c1CN1CC(C)(O)C1. The minimum Gasteiger partial charge on any atom is -0.388 e. The molecule has 0 spiro atoms. The van der Waals surface area contributed by atoms with E-state index in [1.54, 1.807) is 0 Å². The van der Waals surface area contributed by atoms with Crippen molar-refractivity contribution in [3.63, 3.8) is 0 Å². The predicted octanol–water partition coefficient (Wildman–Crippen LogP) is 6.41. The monoisotopic (exact) mass is 460 g/mol. The van der Waals surface area contributed by atoms with Crippen molar-refractivity contribution >= 4 is 28.9 Å². The second-order valence-corrected chi connectivity index (χ2v) is 11.1. The molecule has 2 saturated heterocycles. The Hall–Kier alpha value is -1.26. The van der Waals surface area contributed by atoms with Crippen molar-refractivity contribution in [1.29, 1.82) is 0 Å².